The first-order chi connectivity index (χ1) is 9.04. The van der Waals surface area contributed by atoms with Gasteiger partial charge in [-0.1, -0.05) is 69.1 Å². The van der Waals surface area contributed by atoms with Gasteiger partial charge in [0.05, 0.1) is 0 Å². The van der Waals surface area contributed by atoms with E-state index in [1.807, 2.05) is 43.3 Å². The highest BCUT2D eigenvalue weighted by molar-refractivity contribution is 5.87. The smallest absolute Gasteiger partial charge is 0.333 e. The molecule has 0 aliphatic carbocycles. The van der Waals surface area contributed by atoms with Crippen molar-refractivity contribution in [2.24, 2.45) is 0 Å². The molecule has 102 valence electrons. The van der Waals surface area contributed by atoms with Crippen LogP contribution in [0.1, 0.15) is 25.8 Å². The second-order valence-corrected chi connectivity index (χ2v) is 3.98. The van der Waals surface area contributed by atoms with Gasteiger partial charge in [0.25, 0.3) is 0 Å². The van der Waals surface area contributed by atoms with E-state index in [0.29, 0.717) is 5.57 Å². The molecule has 2 nitrogen and oxygen atoms in total. The quantitative estimate of drug-likeness (QED) is 0.444. The Morgan fingerprint density at radius 1 is 1.32 bits per heavy atom. The lowest BCUT2D eigenvalue weighted by molar-refractivity contribution is -0.142. The number of hydrogen-bond donors (Lipinski definition) is 0. The third-order valence-electron chi connectivity index (χ3n) is 2.31. The van der Waals surface area contributed by atoms with Crippen LogP contribution < -0.4 is 0 Å². The summed E-state index contributed by atoms with van der Waals surface area (Å²) in [6.45, 7) is 14.2. The zero-order valence-electron chi connectivity index (χ0n) is 11.8. The van der Waals surface area contributed by atoms with Gasteiger partial charge >= 0.3 is 5.97 Å². The zero-order chi connectivity index (χ0) is 14.7. The van der Waals surface area contributed by atoms with Gasteiger partial charge in [0, 0.05) is 5.57 Å². The molecule has 1 aromatic carbocycles. The Morgan fingerprint density at radius 3 is 2.21 bits per heavy atom. The molecule has 0 saturated heterocycles. The van der Waals surface area contributed by atoms with E-state index in [1.54, 1.807) is 13.0 Å². The molecule has 1 rings (SSSR count). The Morgan fingerprint density at radius 2 is 1.89 bits per heavy atom. The number of esters is 1. The lowest BCUT2D eigenvalue weighted by Gasteiger charge is -2.10. The van der Waals surface area contributed by atoms with Crippen molar-refractivity contribution in [3.63, 3.8) is 0 Å². The number of ether oxygens (including phenoxy) is 1. The van der Waals surface area contributed by atoms with Crippen LogP contribution in [0.5, 0.6) is 0 Å². The number of rotatable bonds is 5. The van der Waals surface area contributed by atoms with Gasteiger partial charge in [-0.25, -0.2) is 4.79 Å². The number of carbonyl (C=O) groups is 1. The van der Waals surface area contributed by atoms with Gasteiger partial charge in [-0.05, 0) is 18.9 Å². The van der Waals surface area contributed by atoms with E-state index in [9.17, 15) is 4.79 Å². The molecule has 0 bridgehead atoms. The minimum atomic E-state index is -0.350. The molecule has 0 saturated carbocycles. The Hall–Kier alpha value is -2.09. The summed E-state index contributed by atoms with van der Waals surface area (Å²) < 4.78 is 4.95. The van der Waals surface area contributed by atoms with Crippen LogP contribution in [0.2, 0.25) is 0 Å². The third-order valence-corrected chi connectivity index (χ3v) is 2.31. The van der Waals surface area contributed by atoms with Gasteiger partial charge in [0.1, 0.15) is 6.10 Å². The van der Waals surface area contributed by atoms with E-state index in [2.05, 4.69) is 19.7 Å². The summed E-state index contributed by atoms with van der Waals surface area (Å²) in [7, 11) is 0. The first-order valence-corrected chi connectivity index (χ1v) is 6.21. The van der Waals surface area contributed by atoms with E-state index in [0.717, 1.165) is 6.42 Å². The molecule has 0 radical (unpaired) electrons. The number of hydrogen-bond acceptors (Lipinski definition) is 2. The third kappa shape index (κ3) is 7.77. The molecule has 0 fully saturated rings. The molecule has 0 aromatic heterocycles. The van der Waals surface area contributed by atoms with E-state index in [4.69, 9.17) is 4.74 Å². The standard InChI is InChI=1S/C9H14O2.C8H8/c1-5-8(6-2)11-9(10)7(3)4;1-2-8-6-4-3-5-7-8/h5,8H,1,3,6H2,2,4H3;2-7H,1H2. The Labute approximate surface area is 116 Å². The van der Waals surface area contributed by atoms with Crippen LogP contribution in [-0.4, -0.2) is 12.1 Å². The van der Waals surface area contributed by atoms with Crippen molar-refractivity contribution in [1.82, 2.24) is 0 Å². The van der Waals surface area contributed by atoms with E-state index >= 15 is 0 Å². The summed E-state index contributed by atoms with van der Waals surface area (Å²) in [5.74, 6) is -0.350. The molecular weight excluding hydrogens is 236 g/mol. The largest absolute Gasteiger partial charge is 0.455 e. The lowest BCUT2D eigenvalue weighted by atomic mass is 10.2. The summed E-state index contributed by atoms with van der Waals surface area (Å²) in [4.78, 5) is 10.9. The zero-order valence-corrected chi connectivity index (χ0v) is 11.8. The molecule has 0 spiro atoms. The van der Waals surface area contributed by atoms with Crippen molar-refractivity contribution in [2.45, 2.75) is 26.4 Å². The average Bonchev–Trinajstić information content (AvgIpc) is 2.45. The van der Waals surface area contributed by atoms with Crippen molar-refractivity contribution >= 4 is 12.0 Å². The Kier molecular flexibility index (Phi) is 8.80. The van der Waals surface area contributed by atoms with Gasteiger partial charge in [-0.3, -0.25) is 0 Å². The SMILES string of the molecule is C=CC(CC)OC(=O)C(=C)C.C=Cc1ccccc1. The summed E-state index contributed by atoms with van der Waals surface area (Å²) in [6.07, 6.45) is 4.02. The van der Waals surface area contributed by atoms with Crippen LogP contribution >= 0.6 is 0 Å². The molecule has 1 aromatic rings. The van der Waals surface area contributed by atoms with Gasteiger partial charge in [0.15, 0.2) is 0 Å². The Balaban J connectivity index is 0.000000356. The topological polar surface area (TPSA) is 26.3 Å². The van der Waals surface area contributed by atoms with E-state index in [-0.39, 0.29) is 12.1 Å². The fourth-order valence-corrected chi connectivity index (χ4v) is 1.13. The van der Waals surface area contributed by atoms with Crippen LogP contribution in [0.15, 0.2) is 61.7 Å². The van der Waals surface area contributed by atoms with Gasteiger partial charge in [0.2, 0.25) is 0 Å². The monoisotopic (exact) mass is 258 g/mol. The molecule has 0 heterocycles. The van der Waals surface area contributed by atoms with Crippen LogP contribution in [0.4, 0.5) is 0 Å². The molecule has 2 heteroatoms. The molecule has 0 amide bonds. The van der Waals surface area contributed by atoms with Gasteiger partial charge in [-0.2, -0.15) is 0 Å². The molecule has 1 atom stereocenters. The molecular formula is C17H22O2. The maximum absolute atomic E-state index is 10.9. The van der Waals surface area contributed by atoms with Crippen molar-refractivity contribution in [2.75, 3.05) is 0 Å². The van der Waals surface area contributed by atoms with Crippen molar-refractivity contribution in [3.05, 3.63) is 67.3 Å². The molecule has 0 aliphatic rings. The van der Waals surface area contributed by atoms with E-state index in [1.165, 1.54) is 5.56 Å². The van der Waals surface area contributed by atoms with Crippen molar-refractivity contribution in [3.8, 4) is 0 Å². The van der Waals surface area contributed by atoms with Crippen LogP contribution in [0.3, 0.4) is 0 Å². The summed E-state index contributed by atoms with van der Waals surface area (Å²) >= 11 is 0. The molecule has 0 N–H and O–H groups in total. The summed E-state index contributed by atoms with van der Waals surface area (Å²) in [5, 5.41) is 0. The predicted octanol–water partition coefficient (Wildman–Crippen LogP) is 4.40. The molecule has 1 unspecified atom stereocenters. The fourth-order valence-electron chi connectivity index (χ4n) is 1.13. The maximum Gasteiger partial charge on any atom is 0.333 e. The van der Waals surface area contributed by atoms with Crippen molar-refractivity contribution in [1.29, 1.82) is 0 Å². The highest BCUT2D eigenvalue weighted by Gasteiger charge is 2.08. The highest BCUT2D eigenvalue weighted by Crippen LogP contribution is 2.02. The summed E-state index contributed by atoms with van der Waals surface area (Å²) in [5.41, 5.74) is 1.60. The van der Waals surface area contributed by atoms with Crippen molar-refractivity contribution < 1.29 is 9.53 Å². The summed E-state index contributed by atoms with van der Waals surface area (Å²) in [6, 6.07) is 10.0. The highest BCUT2D eigenvalue weighted by atomic mass is 16.5. The second-order valence-electron chi connectivity index (χ2n) is 3.98. The minimum absolute atomic E-state index is 0.181. The fraction of sp³-hybridized carbons (Fsp3) is 0.235. The lowest BCUT2D eigenvalue weighted by Crippen LogP contribution is -2.14. The number of carbonyl (C=O) groups excluding carboxylic acids is 1. The molecule has 0 aliphatic heterocycles. The predicted molar refractivity (Wildman–Crippen MR) is 81.7 cm³/mol. The van der Waals surface area contributed by atoms with E-state index < -0.39 is 0 Å². The van der Waals surface area contributed by atoms with Crippen LogP contribution in [0, 0.1) is 0 Å². The van der Waals surface area contributed by atoms with Gasteiger partial charge < -0.3 is 4.74 Å². The molecule has 19 heavy (non-hydrogen) atoms. The first kappa shape index (κ1) is 16.9. The minimum Gasteiger partial charge on any atom is -0.455 e. The first-order valence-electron chi connectivity index (χ1n) is 6.21. The van der Waals surface area contributed by atoms with Gasteiger partial charge in [-0.15, -0.1) is 0 Å². The van der Waals surface area contributed by atoms with Crippen LogP contribution in [0.25, 0.3) is 6.08 Å². The average molecular weight is 258 g/mol. The number of benzene rings is 1. The van der Waals surface area contributed by atoms with Crippen LogP contribution in [-0.2, 0) is 9.53 Å². The second kappa shape index (κ2) is 9.89. The maximum atomic E-state index is 10.9. The Bertz CT molecular complexity index is 418. The normalized spacial score (nSPS) is 10.4.